The number of benzene rings is 2. The summed E-state index contributed by atoms with van der Waals surface area (Å²) in [5.74, 6) is 0. The molecule has 0 saturated carbocycles. The second-order valence-electron chi connectivity index (χ2n) is 4.07. The van der Waals surface area contributed by atoms with Gasteiger partial charge in [-0.25, -0.2) is 0 Å². The molecule has 7 heteroatoms. The van der Waals surface area contributed by atoms with Crippen molar-refractivity contribution in [2.45, 2.75) is 6.18 Å². The Morgan fingerprint density at radius 2 is 1.29 bits per heavy atom. The summed E-state index contributed by atoms with van der Waals surface area (Å²) in [5, 5.41) is 7.09. The van der Waals surface area contributed by atoms with Crippen LogP contribution in [-0.2, 0) is 6.18 Å². The van der Waals surface area contributed by atoms with Crippen molar-refractivity contribution in [3.8, 4) is 0 Å². The Kier molecular flexibility index (Phi) is 4.37. The van der Waals surface area contributed by atoms with Crippen LogP contribution in [0.4, 0.5) is 24.5 Å². The molecule has 21 heavy (non-hydrogen) atoms. The van der Waals surface area contributed by atoms with E-state index in [4.69, 9.17) is 11.6 Å². The molecule has 0 radical (unpaired) electrons. The van der Waals surface area contributed by atoms with Gasteiger partial charge in [-0.3, -0.25) is 4.79 Å². The molecule has 0 aromatic heterocycles. The SMILES string of the molecule is O=C(Cl)c1ccc(N=Nc2ccc(C(F)(F)F)cc2)cc1. The molecule has 0 aliphatic carbocycles. The average Bonchev–Trinajstić information content (AvgIpc) is 2.45. The molecule has 0 aliphatic rings. The van der Waals surface area contributed by atoms with Crippen LogP contribution in [0.3, 0.4) is 0 Å². The van der Waals surface area contributed by atoms with E-state index in [9.17, 15) is 18.0 Å². The highest BCUT2D eigenvalue weighted by Gasteiger charge is 2.29. The fraction of sp³-hybridized carbons (Fsp3) is 0.0714. The lowest BCUT2D eigenvalue weighted by molar-refractivity contribution is -0.137. The van der Waals surface area contributed by atoms with Gasteiger partial charge in [-0.15, -0.1) is 0 Å². The van der Waals surface area contributed by atoms with Crippen LogP contribution in [0.5, 0.6) is 0 Å². The smallest absolute Gasteiger partial charge is 0.276 e. The van der Waals surface area contributed by atoms with Crippen molar-refractivity contribution in [2.24, 2.45) is 10.2 Å². The van der Waals surface area contributed by atoms with Crippen molar-refractivity contribution in [3.63, 3.8) is 0 Å². The number of hydrogen-bond acceptors (Lipinski definition) is 3. The van der Waals surface area contributed by atoms with E-state index in [2.05, 4.69) is 10.2 Å². The van der Waals surface area contributed by atoms with Gasteiger partial charge in [-0.1, -0.05) is 0 Å². The maximum absolute atomic E-state index is 12.4. The molecular weight excluding hydrogens is 305 g/mol. The minimum Gasteiger partial charge on any atom is -0.276 e. The maximum atomic E-state index is 12.4. The lowest BCUT2D eigenvalue weighted by Crippen LogP contribution is -2.03. The molecule has 2 rings (SSSR count). The number of hydrogen-bond donors (Lipinski definition) is 0. The van der Waals surface area contributed by atoms with Crippen LogP contribution in [0.1, 0.15) is 15.9 Å². The lowest BCUT2D eigenvalue weighted by atomic mass is 10.2. The normalized spacial score (nSPS) is 11.8. The maximum Gasteiger partial charge on any atom is 0.416 e. The summed E-state index contributed by atoms with van der Waals surface area (Å²) in [4.78, 5) is 10.9. The summed E-state index contributed by atoms with van der Waals surface area (Å²) in [6, 6.07) is 10.3. The Morgan fingerprint density at radius 3 is 1.67 bits per heavy atom. The monoisotopic (exact) mass is 312 g/mol. The fourth-order valence-electron chi connectivity index (χ4n) is 1.49. The predicted octanol–water partition coefficient (Wildman–Crippen LogP) is 5.50. The van der Waals surface area contributed by atoms with Crippen molar-refractivity contribution in [1.29, 1.82) is 0 Å². The highest BCUT2D eigenvalue weighted by molar-refractivity contribution is 6.67. The Labute approximate surface area is 123 Å². The van der Waals surface area contributed by atoms with Crippen LogP contribution in [0.15, 0.2) is 58.8 Å². The third-order valence-corrected chi connectivity index (χ3v) is 2.79. The van der Waals surface area contributed by atoms with Crippen LogP contribution >= 0.6 is 11.6 Å². The molecule has 0 unspecified atom stereocenters. The molecule has 0 atom stereocenters. The molecule has 0 fully saturated rings. The van der Waals surface area contributed by atoms with Crippen LogP contribution in [0.25, 0.3) is 0 Å². The van der Waals surface area contributed by atoms with Crippen molar-refractivity contribution in [2.75, 3.05) is 0 Å². The zero-order valence-corrected chi connectivity index (χ0v) is 11.2. The summed E-state index contributed by atoms with van der Waals surface area (Å²) >= 11 is 5.30. The molecule has 3 nitrogen and oxygen atoms in total. The third-order valence-electron chi connectivity index (χ3n) is 2.57. The molecule has 0 heterocycles. The zero-order chi connectivity index (χ0) is 15.5. The van der Waals surface area contributed by atoms with E-state index in [0.717, 1.165) is 12.1 Å². The molecule has 0 spiro atoms. The molecule has 0 amide bonds. The molecular formula is C14H8ClF3N2O. The molecule has 2 aromatic carbocycles. The van der Waals surface area contributed by atoms with E-state index in [0.29, 0.717) is 16.9 Å². The van der Waals surface area contributed by atoms with Gasteiger partial charge in [0.25, 0.3) is 5.24 Å². The lowest BCUT2D eigenvalue weighted by Gasteiger charge is -2.05. The van der Waals surface area contributed by atoms with Gasteiger partial charge in [-0.05, 0) is 60.1 Å². The first-order valence-corrected chi connectivity index (χ1v) is 6.13. The third kappa shape index (κ3) is 4.13. The zero-order valence-electron chi connectivity index (χ0n) is 10.4. The van der Waals surface area contributed by atoms with Gasteiger partial charge in [0.1, 0.15) is 0 Å². The van der Waals surface area contributed by atoms with Gasteiger partial charge in [-0.2, -0.15) is 23.4 Å². The standard InChI is InChI=1S/C14H8ClF3N2O/c15-13(21)9-1-5-11(6-2-9)19-20-12-7-3-10(4-8-12)14(16,17)18/h1-8H. The summed E-state index contributed by atoms with van der Waals surface area (Å²) < 4.78 is 37.1. The van der Waals surface area contributed by atoms with Crippen LogP contribution in [0, 0.1) is 0 Å². The van der Waals surface area contributed by atoms with Crippen molar-refractivity contribution < 1.29 is 18.0 Å². The fourth-order valence-corrected chi connectivity index (χ4v) is 1.62. The molecule has 0 bridgehead atoms. The van der Waals surface area contributed by atoms with E-state index >= 15 is 0 Å². The number of nitrogens with zero attached hydrogens (tertiary/aromatic N) is 2. The van der Waals surface area contributed by atoms with Gasteiger partial charge in [0.15, 0.2) is 0 Å². The van der Waals surface area contributed by atoms with Gasteiger partial charge < -0.3 is 0 Å². The summed E-state index contributed by atoms with van der Waals surface area (Å²) in [6.45, 7) is 0. The van der Waals surface area contributed by atoms with E-state index in [1.54, 1.807) is 0 Å². The van der Waals surface area contributed by atoms with E-state index in [1.807, 2.05) is 0 Å². The summed E-state index contributed by atoms with van der Waals surface area (Å²) in [7, 11) is 0. The first-order chi connectivity index (χ1) is 9.86. The van der Waals surface area contributed by atoms with Crippen molar-refractivity contribution >= 4 is 28.2 Å². The van der Waals surface area contributed by atoms with Crippen LogP contribution < -0.4 is 0 Å². The van der Waals surface area contributed by atoms with E-state index < -0.39 is 17.0 Å². The van der Waals surface area contributed by atoms with Crippen molar-refractivity contribution in [3.05, 3.63) is 59.7 Å². The number of carbonyl (C=O) groups excluding carboxylic acids is 1. The number of alkyl halides is 3. The first-order valence-electron chi connectivity index (χ1n) is 5.75. The minimum absolute atomic E-state index is 0.292. The molecule has 0 aliphatic heterocycles. The van der Waals surface area contributed by atoms with Crippen LogP contribution in [0.2, 0.25) is 0 Å². The van der Waals surface area contributed by atoms with Crippen LogP contribution in [-0.4, -0.2) is 5.24 Å². The van der Waals surface area contributed by atoms with E-state index in [-0.39, 0.29) is 0 Å². The Hall–Kier alpha value is -2.21. The van der Waals surface area contributed by atoms with Gasteiger partial charge in [0, 0.05) is 5.56 Å². The van der Waals surface area contributed by atoms with Gasteiger partial charge in [0.05, 0.1) is 16.9 Å². The Balaban J connectivity index is 2.12. The quantitative estimate of drug-likeness (QED) is 0.545. The molecule has 0 saturated heterocycles. The largest absolute Gasteiger partial charge is 0.416 e. The molecule has 2 aromatic rings. The van der Waals surface area contributed by atoms with Crippen molar-refractivity contribution in [1.82, 2.24) is 0 Å². The van der Waals surface area contributed by atoms with E-state index in [1.165, 1.54) is 36.4 Å². The number of rotatable bonds is 3. The highest BCUT2D eigenvalue weighted by atomic mass is 35.5. The summed E-state index contributed by atoms with van der Waals surface area (Å²) in [5.41, 5.74) is 0.327. The number of halogens is 4. The van der Waals surface area contributed by atoms with Gasteiger partial charge >= 0.3 is 6.18 Å². The second-order valence-corrected chi connectivity index (χ2v) is 4.41. The predicted molar refractivity (Wildman–Crippen MR) is 72.2 cm³/mol. The highest BCUT2D eigenvalue weighted by Crippen LogP contribution is 2.30. The Bertz CT molecular complexity index is 664. The topological polar surface area (TPSA) is 41.8 Å². The minimum atomic E-state index is -4.38. The first kappa shape index (κ1) is 15.2. The second kappa shape index (κ2) is 6.05. The molecule has 0 N–H and O–H groups in total. The van der Waals surface area contributed by atoms with Gasteiger partial charge in [0.2, 0.25) is 0 Å². The average molecular weight is 313 g/mol. The number of azo groups is 1. The molecule has 108 valence electrons. The summed E-state index contributed by atoms with van der Waals surface area (Å²) in [6.07, 6.45) is -4.38. The Morgan fingerprint density at radius 1 is 0.857 bits per heavy atom. The number of carbonyl (C=O) groups is 1.